The molecule has 0 spiro atoms. The zero-order chi connectivity index (χ0) is 14.5. The first kappa shape index (κ1) is 14.7. The van der Waals surface area contributed by atoms with E-state index in [1.165, 1.54) is 0 Å². The summed E-state index contributed by atoms with van der Waals surface area (Å²) in [6.07, 6.45) is 3.01. The molecule has 2 aromatic heterocycles. The minimum Gasteiger partial charge on any atom is -0.361 e. The van der Waals surface area contributed by atoms with Crippen molar-refractivity contribution in [1.82, 2.24) is 20.6 Å². The topological polar surface area (TPSA) is 77.0 Å². The normalized spacial score (nSPS) is 12.8. The van der Waals surface area contributed by atoms with E-state index in [1.54, 1.807) is 0 Å². The molecule has 0 aliphatic rings. The maximum Gasteiger partial charge on any atom is 0.231 e. The average Bonchev–Trinajstić information content (AvgIpc) is 3.05. The molecule has 0 saturated carbocycles. The zero-order valence-corrected chi connectivity index (χ0v) is 12.6. The van der Waals surface area contributed by atoms with Crippen LogP contribution in [0.15, 0.2) is 9.05 Å². The molecule has 110 valence electrons. The van der Waals surface area contributed by atoms with Crippen molar-refractivity contribution in [3.8, 4) is 0 Å². The van der Waals surface area contributed by atoms with Gasteiger partial charge in [-0.1, -0.05) is 24.2 Å². The Labute approximate surface area is 118 Å². The van der Waals surface area contributed by atoms with E-state index in [2.05, 4.69) is 41.4 Å². The van der Waals surface area contributed by atoms with Gasteiger partial charge in [0, 0.05) is 24.4 Å². The van der Waals surface area contributed by atoms with Gasteiger partial charge >= 0.3 is 0 Å². The largest absolute Gasteiger partial charge is 0.361 e. The second-order valence-electron chi connectivity index (χ2n) is 4.91. The second-order valence-corrected chi connectivity index (χ2v) is 4.91. The summed E-state index contributed by atoms with van der Waals surface area (Å²) in [5, 5.41) is 11.3. The number of rotatable bonds is 7. The molecule has 0 radical (unpaired) electrons. The van der Waals surface area contributed by atoms with Gasteiger partial charge in [-0.2, -0.15) is 4.98 Å². The maximum absolute atomic E-state index is 5.35. The summed E-state index contributed by atoms with van der Waals surface area (Å²) < 4.78 is 10.7. The Balaban J connectivity index is 2.12. The number of hydrogen-bond acceptors (Lipinski definition) is 6. The monoisotopic (exact) mass is 278 g/mol. The van der Waals surface area contributed by atoms with Crippen molar-refractivity contribution < 1.29 is 9.05 Å². The highest BCUT2D eigenvalue weighted by Gasteiger charge is 2.17. The average molecular weight is 278 g/mol. The van der Waals surface area contributed by atoms with Crippen LogP contribution in [0.2, 0.25) is 0 Å². The van der Waals surface area contributed by atoms with Crippen molar-refractivity contribution in [2.45, 2.75) is 52.5 Å². The van der Waals surface area contributed by atoms with Gasteiger partial charge < -0.3 is 14.4 Å². The fourth-order valence-electron chi connectivity index (χ4n) is 2.11. The van der Waals surface area contributed by atoms with E-state index in [0.29, 0.717) is 18.4 Å². The van der Waals surface area contributed by atoms with Gasteiger partial charge in [0.15, 0.2) is 5.82 Å². The molecule has 20 heavy (non-hydrogen) atoms. The highest BCUT2D eigenvalue weighted by atomic mass is 16.5. The molecule has 1 atom stereocenters. The van der Waals surface area contributed by atoms with Crippen LogP contribution in [-0.4, -0.2) is 28.4 Å². The van der Waals surface area contributed by atoms with E-state index >= 15 is 0 Å². The van der Waals surface area contributed by atoms with Gasteiger partial charge in [-0.3, -0.25) is 0 Å². The summed E-state index contributed by atoms with van der Waals surface area (Å²) in [5.41, 5.74) is 2.07. The van der Waals surface area contributed by atoms with E-state index in [4.69, 9.17) is 9.05 Å². The Morgan fingerprint density at radius 1 is 1.15 bits per heavy atom. The smallest absolute Gasteiger partial charge is 0.231 e. The molecule has 2 heterocycles. The van der Waals surface area contributed by atoms with Gasteiger partial charge in [-0.05, 0) is 20.4 Å². The molecule has 0 bridgehead atoms. The van der Waals surface area contributed by atoms with Crippen LogP contribution in [0.1, 0.15) is 49.5 Å². The molecule has 2 aromatic rings. The molecule has 0 aliphatic heterocycles. The van der Waals surface area contributed by atoms with Crippen molar-refractivity contribution in [1.29, 1.82) is 0 Å². The molecule has 0 aliphatic carbocycles. The Kier molecular flexibility index (Phi) is 4.89. The lowest BCUT2D eigenvalue weighted by atomic mass is 10.1. The number of aromatic nitrogens is 3. The minimum absolute atomic E-state index is 0.327. The van der Waals surface area contributed by atoms with Crippen LogP contribution in [0.3, 0.4) is 0 Å². The quantitative estimate of drug-likeness (QED) is 0.834. The lowest BCUT2D eigenvalue weighted by molar-refractivity contribution is 0.371. The predicted octanol–water partition coefficient (Wildman–Crippen LogP) is 1.92. The molecule has 0 aromatic carbocycles. The molecule has 1 unspecified atom stereocenters. The summed E-state index contributed by atoms with van der Waals surface area (Å²) in [6, 6.07) is 0.327. The number of likely N-dealkylation sites (N-methyl/N-ethyl adjacent to an activating group) is 1. The van der Waals surface area contributed by atoms with Crippen molar-refractivity contribution in [2.24, 2.45) is 0 Å². The van der Waals surface area contributed by atoms with E-state index < -0.39 is 0 Å². The van der Waals surface area contributed by atoms with Gasteiger partial charge in [-0.15, -0.1) is 0 Å². The van der Waals surface area contributed by atoms with Gasteiger partial charge in [0.2, 0.25) is 5.89 Å². The Morgan fingerprint density at radius 2 is 1.95 bits per heavy atom. The Morgan fingerprint density at radius 3 is 2.60 bits per heavy atom. The summed E-state index contributed by atoms with van der Waals surface area (Å²) in [7, 11) is 1.92. The van der Waals surface area contributed by atoms with Crippen LogP contribution >= 0.6 is 0 Å². The molecule has 6 heteroatoms. The van der Waals surface area contributed by atoms with Crippen molar-refractivity contribution >= 4 is 0 Å². The van der Waals surface area contributed by atoms with Gasteiger partial charge in [0.25, 0.3) is 0 Å². The number of nitrogens with one attached hydrogen (secondary N) is 1. The zero-order valence-electron chi connectivity index (χ0n) is 12.6. The second kappa shape index (κ2) is 6.65. The Hall–Kier alpha value is -1.69. The fraction of sp³-hybridized carbons (Fsp3) is 0.643. The van der Waals surface area contributed by atoms with Crippen molar-refractivity contribution in [3.63, 3.8) is 0 Å². The van der Waals surface area contributed by atoms with Crippen LogP contribution in [0.5, 0.6) is 0 Å². The molecule has 1 N–H and O–H groups in total. The molecule has 2 rings (SSSR count). The van der Waals surface area contributed by atoms with Gasteiger partial charge in [0.05, 0.1) is 12.1 Å². The Bertz CT molecular complexity index is 526. The highest BCUT2D eigenvalue weighted by molar-refractivity contribution is 5.26. The van der Waals surface area contributed by atoms with Crippen LogP contribution in [0.25, 0.3) is 0 Å². The van der Waals surface area contributed by atoms with Gasteiger partial charge in [-0.25, -0.2) is 0 Å². The van der Waals surface area contributed by atoms with Crippen LogP contribution < -0.4 is 5.32 Å². The molecule has 0 fully saturated rings. The number of hydrogen-bond donors (Lipinski definition) is 1. The lowest BCUT2D eigenvalue weighted by Crippen LogP contribution is -2.24. The van der Waals surface area contributed by atoms with E-state index in [1.807, 2.05) is 7.05 Å². The first-order valence-electron chi connectivity index (χ1n) is 7.12. The van der Waals surface area contributed by atoms with Crippen molar-refractivity contribution in [3.05, 3.63) is 28.7 Å². The number of aryl methyl sites for hydroxylation is 2. The van der Waals surface area contributed by atoms with Crippen LogP contribution in [-0.2, 0) is 25.7 Å². The molecule has 0 amide bonds. The SMILES string of the molecule is CCc1noc(CC)c1Cc1nc(CC(C)NC)no1. The summed E-state index contributed by atoms with van der Waals surface area (Å²) >= 11 is 0. The molecular weight excluding hydrogens is 256 g/mol. The maximum atomic E-state index is 5.35. The summed E-state index contributed by atoms with van der Waals surface area (Å²) in [6.45, 7) is 6.20. The van der Waals surface area contributed by atoms with Crippen molar-refractivity contribution in [2.75, 3.05) is 7.05 Å². The highest BCUT2D eigenvalue weighted by Crippen LogP contribution is 2.19. The molecule has 6 nitrogen and oxygen atoms in total. The minimum atomic E-state index is 0.327. The first-order chi connectivity index (χ1) is 9.67. The van der Waals surface area contributed by atoms with E-state index in [0.717, 1.165) is 42.1 Å². The molecular formula is C14H22N4O2. The third kappa shape index (κ3) is 3.25. The third-order valence-corrected chi connectivity index (χ3v) is 3.43. The standard InChI is InChI=1S/C14H22N4O2/c1-5-11-10(12(6-2)19-17-11)8-14-16-13(18-20-14)7-9(3)15-4/h9,15H,5-8H2,1-4H3. The summed E-state index contributed by atoms with van der Waals surface area (Å²) in [4.78, 5) is 4.44. The predicted molar refractivity (Wildman–Crippen MR) is 74.6 cm³/mol. The van der Waals surface area contributed by atoms with Gasteiger partial charge in [0.1, 0.15) is 5.76 Å². The number of nitrogens with zero attached hydrogens (tertiary/aromatic N) is 3. The van der Waals surface area contributed by atoms with Crippen LogP contribution in [0.4, 0.5) is 0 Å². The fourth-order valence-corrected chi connectivity index (χ4v) is 2.11. The first-order valence-corrected chi connectivity index (χ1v) is 7.12. The van der Waals surface area contributed by atoms with E-state index in [9.17, 15) is 0 Å². The third-order valence-electron chi connectivity index (χ3n) is 3.43. The van der Waals surface area contributed by atoms with Crippen LogP contribution in [0, 0.1) is 0 Å². The van der Waals surface area contributed by atoms with E-state index in [-0.39, 0.29) is 0 Å². The summed E-state index contributed by atoms with van der Waals surface area (Å²) in [5.74, 6) is 2.26. The lowest BCUT2D eigenvalue weighted by Gasteiger charge is -2.04. The molecule has 0 saturated heterocycles.